The van der Waals surface area contributed by atoms with E-state index in [4.69, 9.17) is 0 Å². The number of thiophene rings is 1. The Labute approximate surface area is 114 Å². The number of benzene rings is 1. The molecule has 0 spiro atoms. The van der Waals surface area contributed by atoms with E-state index in [1.165, 1.54) is 27.1 Å². The third-order valence-electron chi connectivity index (χ3n) is 3.01. The minimum Gasteiger partial charge on any atom is -0.310 e. The Kier molecular flexibility index (Phi) is 4.20. The van der Waals surface area contributed by atoms with Gasteiger partial charge in [0.15, 0.2) is 0 Å². The minimum absolute atomic E-state index is 0.517. The van der Waals surface area contributed by atoms with Gasteiger partial charge in [-0.2, -0.15) is 0 Å². The maximum Gasteiger partial charge on any atom is 0.0214 e. The first-order chi connectivity index (χ1) is 8.56. The van der Waals surface area contributed by atoms with Crippen molar-refractivity contribution in [3.05, 3.63) is 45.6 Å². The molecule has 2 aromatic rings. The fourth-order valence-electron chi connectivity index (χ4n) is 2.01. The summed E-state index contributed by atoms with van der Waals surface area (Å²) in [5.41, 5.74) is 5.42. The maximum absolute atomic E-state index is 3.50. The highest BCUT2D eigenvalue weighted by atomic mass is 32.1. The summed E-state index contributed by atoms with van der Waals surface area (Å²) in [6.45, 7) is 9.62. The Balaban J connectivity index is 2.34. The molecule has 0 radical (unpaired) electrons. The molecule has 96 valence electrons. The quantitative estimate of drug-likeness (QED) is 0.850. The summed E-state index contributed by atoms with van der Waals surface area (Å²) in [4.78, 5) is 1.37. The highest BCUT2D eigenvalue weighted by Gasteiger charge is 2.07. The zero-order chi connectivity index (χ0) is 13.1. The van der Waals surface area contributed by atoms with Gasteiger partial charge in [-0.15, -0.1) is 11.3 Å². The lowest BCUT2D eigenvalue weighted by Gasteiger charge is -2.13. The third-order valence-corrected chi connectivity index (χ3v) is 3.87. The van der Waals surface area contributed by atoms with Crippen LogP contribution in [0.25, 0.3) is 11.1 Å². The van der Waals surface area contributed by atoms with Gasteiger partial charge in [0.1, 0.15) is 0 Å². The van der Waals surface area contributed by atoms with Crippen LogP contribution in [0.1, 0.15) is 29.9 Å². The van der Waals surface area contributed by atoms with Crippen molar-refractivity contribution in [2.45, 2.75) is 40.3 Å². The van der Waals surface area contributed by atoms with Crippen molar-refractivity contribution >= 4 is 11.3 Å². The largest absolute Gasteiger partial charge is 0.310 e. The molecule has 0 saturated carbocycles. The smallest absolute Gasteiger partial charge is 0.0214 e. The van der Waals surface area contributed by atoms with Crippen LogP contribution >= 0.6 is 11.3 Å². The molecule has 0 amide bonds. The van der Waals surface area contributed by atoms with Crippen LogP contribution in [0.3, 0.4) is 0 Å². The van der Waals surface area contributed by atoms with E-state index in [9.17, 15) is 0 Å². The summed E-state index contributed by atoms with van der Waals surface area (Å²) in [7, 11) is 0. The Hall–Kier alpha value is -1.12. The van der Waals surface area contributed by atoms with Crippen molar-refractivity contribution in [3.8, 4) is 11.1 Å². The van der Waals surface area contributed by atoms with Gasteiger partial charge in [-0.25, -0.2) is 0 Å². The fourth-order valence-corrected chi connectivity index (χ4v) is 2.71. The van der Waals surface area contributed by atoms with Crippen molar-refractivity contribution < 1.29 is 0 Å². The van der Waals surface area contributed by atoms with E-state index in [1.54, 1.807) is 0 Å². The first kappa shape index (κ1) is 13.3. The molecule has 1 heterocycles. The molecule has 1 N–H and O–H groups in total. The molecule has 0 aliphatic carbocycles. The molecule has 1 nitrogen and oxygen atoms in total. The first-order valence-electron chi connectivity index (χ1n) is 6.44. The molecule has 2 heteroatoms. The SMILES string of the molecule is Cc1ccc(CNC(C)C)c(-c2csc(C)c2)c1. The number of hydrogen-bond donors (Lipinski definition) is 1. The zero-order valence-electron chi connectivity index (χ0n) is 11.6. The maximum atomic E-state index is 3.50. The van der Waals surface area contributed by atoms with Gasteiger partial charge in [-0.3, -0.25) is 0 Å². The van der Waals surface area contributed by atoms with Crippen LogP contribution in [0.2, 0.25) is 0 Å². The van der Waals surface area contributed by atoms with Crippen LogP contribution in [-0.4, -0.2) is 6.04 Å². The van der Waals surface area contributed by atoms with Gasteiger partial charge in [-0.05, 0) is 42.0 Å². The van der Waals surface area contributed by atoms with Gasteiger partial charge in [0, 0.05) is 17.5 Å². The van der Waals surface area contributed by atoms with Crippen LogP contribution in [0.15, 0.2) is 29.6 Å². The molecule has 0 atom stereocenters. The third kappa shape index (κ3) is 3.21. The summed E-state index contributed by atoms with van der Waals surface area (Å²) in [6.07, 6.45) is 0. The highest BCUT2D eigenvalue weighted by Crippen LogP contribution is 2.29. The van der Waals surface area contributed by atoms with Crippen molar-refractivity contribution in [1.29, 1.82) is 0 Å². The molecule has 1 aromatic heterocycles. The Morgan fingerprint density at radius 2 is 1.94 bits per heavy atom. The van der Waals surface area contributed by atoms with Crippen LogP contribution in [0, 0.1) is 13.8 Å². The monoisotopic (exact) mass is 259 g/mol. The van der Waals surface area contributed by atoms with E-state index >= 15 is 0 Å². The van der Waals surface area contributed by atoms with Gasteiger partial charge >= 0.3 is 0 Å². The molecular formula is C16H21NS. The molecular weight excluding hydrogens is 238 g/mol. The highest BCUT2D eigenvalue weighted by molar-refractivity contribution is 7.10. The van der Waals surface area contributed by atoms with Crippen molar-refractivity contribution in [2.75, 3.05) is 0 Å². The van der Waals surface area contributed by atoms with E-state index in [0.717, 1.165) is 6.54 Å². The second-order valence-electron chi connectivity index (χ2n) is 5.14. The van der Waals surface area contributed by atoms with Crippen LogP contribution in [-0.2, 0) is 6.54 Å². The van der Waals surface area contributed by atoms with Crippen molar-refractivity contribution in [1.82, 2.24) is 5.32 Å². The summed E-state index contributed by atoms with van der Waals surface area (Å²) < 4.78 is 0. The second kappa shape index (κ2) is 5.68. The van der Waals surface area contributed by atoms with E-state index in [2.05, 4.69) is 62.7 Å². The van der Waals surface area contributed by atoms with Gasteiger partial charge < -0.3 is 5.32 Å². The standard InChI is InChI=1S/C16H21NS/c1-11(2)17-9-14-6-5-12(3)7-16(14)15-8-13(4)18-10-15/h5-8,10-11,17H,9H2,1-4H3. The molecule has 0 fully saturated rings. The molecule has 0 unspecified atom stereocenters. The minimum atomic E-state index is 0.517. The molecule has 0 aliphatic heterocycles. The summed E-state index contributed by atoms with van der Waals surface area (Å²) in [6, 6.07) is 9.52. The van der Waals surface area contributed by atoms with Crippen LogP contribution < -0.4 is 5.32 Å². The fraction of sp³-hybridized carbons (Fsp3) is 0.375. The Morgan fingerprint density at radius 3 is 2.56 bits per heavy atom. The zero-order valence-corrected chi connectivity index (χ0v) is 12.4. The Bertz CT molecular complexity index is 526. The average Bonchev–Trinajstić information content (AvgIpc) is 2.74. The van der Waals surface area contributed by atoms with Gasteiger partial charge in [0.2, 0.25) is 0 Å². The topological polar surface area (TPSA) is 12.0 Å². The Morgan fingerprint density at radius 1 is 1.17 bits per heavy atom. The van der Waals surface area contributed by atoms with Crippen molar-refractivity contribution in [3.63, 3.8) is 0 Å². The van der Waals surface area contributed by atoms with Crippen molar-refractivity contribution in [2.24, 2.45) is 0 Å². The molecule has 0 aliphatic rings. The lowest BCUT2D eigenvalue weighted by molar-refractivity contribution is 0.589. The lowest BCUT2D eigenvalue weighted by atomic mass is 9.99. The normalized spacial score (nSPS) is 11.2. The first-order valence-corrected chi connectivity index (χ1v) is 7.32. The molecule has 0 saturated heterocycles. The predicted octanol–water partition coefficient (Wildman–Crippen LogP) is 4.53. The van der Waals surface area contributed by atoms with E-state index in [1.807, 2.05) is 11.3 Å². The number of hydrogen-bond acceptors (Lipinski definition) is 2. The average molecular weight is 259 g/mol. The van der Waals surface area contributed by atoms with Gasteiger partial charge in [0.25, 0.3) is 0 Å². The van der Waals surface area contributed by atoms with Crippen LogP contribution in [0.4, 0.5) is 0 Å². The molecule has 0 bridgehead atoms. The van der Waals surface area contributed by atoms with Crippen LogP contribution in [0.5, 0.6) is 0 Å². The molecule has 18 heavy (non-hydrogen) atoms. The summed E-state index contributed by atoms with van der Waals surface area (Å²) in [5.74, 6) is 0. The van der Waals surface area contributed by atoms with Gasteiger partial charge in [0.05, 0.1) is 0 Å². The summed E-state index contributed by atoms with van der Waals surface area (Å²) >= 11 is 1.82. The number of nitrogens with one attached hydrogen (secondary N) is 1. The second-order valence-corrected chi connectivity index (χ2v) is 6.26. The van der Waals surface area contributed by atoms with E-state index in [-0.39, 0.29) is 0 Å². The predicted molar refractivity (Wildman–Crippen MR) is 81.2 cm³/mol. The van der Waals surface area contributed by atoms with E-state index < -0.39 is 0 Å². The number of aryl methyl sites for hydroxylation is 2. The molecule has 2 rings (SSSR count). The van der Waals surface area contributed by atoms with Gasteiger partial charge in [-0.1, -0.05) is 37.6 Å². The summed E-state index contributed by atoms with van der Waals surface area (Å²) in [5, 5.41) is 5.75. The molecule has 1 aromatic carbocycles. The lowest BCUT2D eigenvalue weighted by Crippen LogP contribution is -2.22. The van der Waals surface area contributed by atoms with E-state index in [0.29, 0.717) is 6.04 Å². The number of rotatable bonds is 4.